The molecule has 1 saturated heterocycles. The fourth-order valence-corrected chi connectivity index (χ4v) is 3.51. The van der Waals surface area contributed by atoms with Crippen molar-refractivity contribution in [1.82, 2.24) is 4.90 Å². The number of benzene rings is 2. The second-order valence-electron chi connectivity index (χ2n) is 7.15. The summed E-state index contributed by atoms with van der Waals surface area (Å²) in [6.07, 6.45) is -0.655. The number of amides is 1. The second kappa shape index (κ2) is 7.48. The molecule has 1 amide bonds. The lowest BCUT2D eigenvalue weighted by atomic mass is 10.1. The van der Waals surface area contributed by atoms with Crippen LogP contribution in [0, 0.1) is 6.92 Å². The third kappa shape index (κ3) is 3.85. The molecule has 0 saturated carbocycles. The van der Waals surface area contributed by atoms with Crippen molar-refractivity contribution in [2.75, 3.05) is 50.1 Å². The standard InChI is InChI=1S/C21H25N3O3/c1-15-13-16(7-8-17(15)24-11-9-23(2)10-12-24)22-21(25)20-14-26-18-5-3-4-6-19(18)27-20/h3-8,13,20H,9-12,14H2,1-2H3,(H,22,25). The highest BCUT2D eigenvalue weighted by Crippen LogP contribution is 2.31. The van der Waals surface area contributed by atoms with Crippen molar-refractivity contribution in [2.24, 2.45) is 0 Å². The molecule has 2 aromatic rings. The maximum atomic E-state index is 12.6. The van der Waals surface area contributed by atoms with Gasteiger partial charge in [-0.05, 0) is 49.9 Å². The first-order valence-corrected chi connectivity index (χ1v) is 9.33. The third-order valence-corrected chi connectivity index (χ3v) is 5.11. The molecule has 0 radical (unpaired) electrons. The highest BCUT2D eigenvalue weighted by Gasteiger charge is 2.27. The average molecular weight is 367 g/mol. The van der Waals surface area contributed by atoms with Gasteiger partial charge in [0.2, 0.25) is 6.10 Å². The minimum Gasteiger partial charge on any atom is -0.485 e. The van der Waals surface area contributed by atoms with Gasteiger partial charge in [-0.3, -0.25) is 4.79 Å². The van der Waals surface area contributed by atoms with Gasteiger partial charge in [-0.25, -0.2) is 0 Å². The number of anilines is 2. The number of hydrogen-bond acceptors (Lipinski definition) is 5. The van der Waals surface area contributed by atoms with E-state index in [1.54, 1.807) is 0 Å². The van der Waals surface area contributed by atoms with Crippen LogP contribution in [-0.2, 0) is 4.79 Å². The molecule has 6 nitrogen and oxygen atoms in total. The summed E-state index contributed by atoms with van der Waals surface area (Å²) in [4.78, 5) is 17.3. The van der Waals surface area contributed by atoms with Gasteiger partial charge in [-0.15, -0.1) is 0 Å². The number of fused-ring (bicyclic) bond motifs is 1. The van der Waals surface area contributed by atoms with Crippen LogP contribution in [0.2, 0.25) is 0 Å². The van der Waals surface area contributed by atoms with E-state index in [4.69, 9.17) is 9.47 Å². The Morgan fingerprint density at radius 1 is 1.07 bits per heavy atom. The lowest BCUT2D eigenvalue weighted by Gasteiger charge is -2.35. The summed E-state index contributed by atoms with van der Waals surface area (Å²) in [6.45, 7) is 6.48. The first-order valence-electron chi connectivity index (χ1n) is 9.33. The number of piperazine rings is 1. The summed E-state index contributed by atoms with van der Waals surface area (Å²) in [6, 6.07) is 13.5. The molecule has 2 aromatic carbocycles. The van der Waals surface area contributed by atoms with E-state index in [2.05, 4.69) is 35.2 Å². The molecule has 1 fully saturated rings. The Kier molecular flexibility index (Phi) is 4.90. The lowest BCUT2D eigenvalue weighted by Crippen LogP contribution is -2.44. The van der Waals surface area contributed by atoms with E-state index in [0.29, 0.717) is 11.5 Å². The maximum Gasteiger partial charge on any atom is 0.269 e. The van der Waals surface area contributed by atoms with Crippen molar-refractivity contribution in [3.63, 3.8) is 0 Å². The number of rotatable bonds is 3. The predicted octanol–water partition coefficient (Wildman–Crippen LogP) is 2.53. The Balaban J connectivity index is 1.41. The molecule has 1 atom stereocenters. The maximum absolute atomic E-state index is 12.6. The van der Waals surface area contributed by atoms with Crippen LogP contribution in [0.25, 0.3) is 0 Å². The van der Waals surface area contributed by atoms with Gasteiger partial charge < -0.3 is 24.6 Å². The van der Waals surface area contributed by atoms with Crippen LogP contribution < -0.4 is 19.7 Å². The van der Waals surface area contributed by atoms with Crippen molar-refractivity contribution in [1.29, 1.82) is 0 Å². The molecule has 0 aromatic heterocycles. The fourth-order valence-electron chi connectivity index (χ4n) is 3.51. The summed E-state index contributed by atoms with van der Waals surface area (Å²) >= 11 is 0. The van der Waals surface area contributed by atoms with Crippen LogP contribution in [0.4, 0.5) is 11.4 Å². The van der Waals surface area contributed by atoms with E-state index in [9.17, 15) is 4.79 Å². The highest BCUT2D eigenvalue weighted by atomic mass is 16.6. The molecule has 2 heterocycles. The number of carbonyl (C=O) groups is 1. The van der Waals surface area contributed by atoms with Crippen molar-refractivity contribution in [2.45, 2.75) is 13.0 Å². The molecule has 6 heteroatoms. The van der Waals surface area contributed by atoms with E-state index in [-0.39, 0.29) is 12.5 Å². The quantitative estimate of drug-likeness (QED) is 0.904. The zero-order valence-electron chi connectivity index (χ0n) is 15.8. The first kappa shape index (κ1) is 17.7. The molecule has 4 rings (SSSR count). The molecule has 2 aliphatic rings. The van der Waals surface area contributed by atoms with Crippen LogP contribution in [0.1, 0.15) is 5.56 Å². The zero-order chi connectivity index (χ0) is 18.8. The summed E-state index contributed by atoms with van der Waals surface area (Å²) in [5.41, 5.74) is 3.16. The summed E-state index contributed by atoms with van der Waals surface area (Å²) in [7, 11) is 2.15. The normalized spacial score (nSPS) is 19.6. The van der Waals surface area contributed by atoms with Gasteiger partial charge in [0.25, 0.3) is 5.91 Å². The molecule has 27 heavy (non-hydrogen) atoms. The number of hydrogen-bond donors (Lipinski definition) is 1. The predicted molar refractivity (Wildman–Crippen MR) is 106 cm³/mol. The van der Waals surface area contributed by atoms with Crippen molar-refractivity contribution < 1.29 is 14.3 Å². The van der Waals surface area contributed by atoms with Gasteiger partial charge in [0.15, 0.2) is 11.5 Å². The number of aryl methyl sites for hydroxylation is 1. The monoisotopic (exact) mass is 367 g/mol. The molecular formula is C21H25N3O3. The molecule has 142 valence electrons. The highest BCUT2D eigenvalue weighted by molar-refractivity contribution is 5.95. The van der Waals surface area contributed by atoms with Gasteiger partial charge in [-0.2, -0.15) is 0 Å². The van der Waals surface area contributed by atoms with Crippen LogP contribution in [0.3, 0.4) is 0 Å². The van der Waals surface area contributed by atoms with Gasteiger partial charge in [0.1, 0.15) is 6.61 Å². The van der Waals surface area contributed by atoms with Gasteiger partial charge in [0, 0.05) is 37.6 Å². The van der Waals surface area contributed by atoms with Gasteiger partial charge in [0.05, 0.1) is 0 Å². The molecular weight excluding hydrogens is 342 g/mol. The number of ether oxygens (including phenoxy) is 2. The largest absolute Gasteiger partial charge is 0.485 e. The number of nitrogens with zero attached hydrogens (tertiary/aromatic N) is 2. The third-order valence-electron chi connectivity index (χ3n) is 5.11. The van der Waals surface area contributed by atoms with Crippen molar-refractivity contribution in [3.05, 3.63) is 48.0 Å². The minimum atomic E-state index is -0.655. The molecule has 1 unspecified atom stereocenters. The summed E-state index contributed by atoms with van der Waals surface area (Å²) in [5.74, 6) is 1.08. The smallest absolute Gasteiger partial charge is 0.269 e. The molecule has 1 N–H and O–H groups in total. The molecule has 0 bridgehead atoms. The van der Waals surface area contributed by atoms with Crippen molar-refractivity contribution in [3.8, 4) is 11.5 Å². The lowest BCUT2D eigenvalue weighted by molar-refractivity contribution is -0.125. The number of nitrogens with one attached hydrogen (secondary N) is 1. The van der Waals surface area contributed by atoms with Gasteiger partial charge in [-0.1, -0.05) is 12.1 Å². The fraction of sp³-hybridized carbons (Fsp3) is 0.381. The van der Waals surface area contributed by atoms with E-state index >= 15 is 0 Å². The summed E-state index contributed by atoms with van der Waals surface area (Å²) < 4.78 is 11.4. The minimum absolute atomic E-state index is 0.198. The SMILES string of the molecule is Cc1cc(NC(=O)C2COc3ccccc3O2)ccc1N1CCN(C)CC1. The topological polar surface area (TPSA) is 54.0 Å². The number of para-hydroxylation sites is 2. The Bertz CT molecular complexity index is 831. The van der Waals surface area contributed by atoms with E-state index < -0.39 is 6.10 Å². The molecule has 0 spiro atoms. The van der Waals surface area contributed by atoms with Crippen LogP contribution in [-0.4, -0.2) is 56.7 Å². The Morgan fingerprint density at radius 3 is 2.56 bits per heavy atom. The summed E-state index contributed by atoms with van der Waals surface area (Å²) in [5, 5.41) is 2.95. The van der Waals surface area contributed by atoms with Crippen LogP contribution in [0.15, 0.2) is 42.5 Å². The molecule has 0 aliphatic carbocycles. The average Bonchev–Trinajstić information content (AvgIpc) is 2.68. The van der Waals surface area contributed by atoms with Crippen molar-refractivity contribution >= 4 is 17.3 Å². The van der Waals surface area contributed by atoms with E-state index in [1.807, 2.05) is 36.4 Å². The molecule has 2 aliphatic heterocycles. The number of carbonyl (C=O) groups excluding carboxylic acids is 1. The van der Waals surface area contributed by atoms with E-state index in [0.717, 1.165) is 37.4 Å². The number of likely N-dealkylation sites (N-methyl/N-ethyl adjacent to an activating group) is 1. The zero-order valence-corrected chi connectivity index (χ0v) is 15.8. The van der Waals surface area contributed by atoms with Crippen LogP contribution >= 0.6 is 0 Å². The Labute approximate surface area is 159 Å². The second-order valence-corrected chi connectivity index (χ2v) is 7.15. The van der Waals surface area contributed by atoms with Gasteiger partial charge >= 0.3 is 0 Å². The first-order chi connectivity index (χ1) is 13.1. The Hall–Kier alpha value is -2.73. The van der Waals surface area contributed by atoms with Crippen LogP contribution in [0.5, 0.6) is 11.5 Å². The van der Waals surface area contributed by atoms with E-state index in [1.165, 1.54) is 5.69 Å². The Morgan fingerprint density at radius 2 is 1.81 bits per heavy atom.